The van der Waals surface area contributed by atoms with E-state index in [0.29, 0.717) is 22.9 Å². The van der Waals surface area contributed by atoms with Crippen LogP contribution in [0.25, 0.3) is 17.2 Å². The number of carboxylic acid groups (broad SMARTS) is 1. The molecule has 0 amide bonds. The third kappa shape index (κ3) is 1.84. The first-order valence-corrected chi connectivity index (χ1v) is 5.65. The molecular weight excluding hydrogens is 272 g/mol. The van der Waals surface area contributed by atoms with E-state index in [1.165, 1.54) is 16.7 Å². The molecule has 0 fully saturated rings. The van der Waals surface area contributed by atoms with Crippen molar-refractivity contribution in [3.8, 4) is 11.5 Å². The Morgan fingerprint density at radius 3 is 2.84 bits per heavy atom. The maximum absolute atomic E-state index is 11.0. The van der Waals surface area contributed by atoms with Crippen molar-refractivity contribution in [1.29, 1.82) is 0 Å². The van der Waals surface area contributed by atoms with Crippen LogP contribution in [0.5, 0.6) is 0 Å². The van der Waals surface area contributed by atoms with Gasteiger partial charge in [-0.05, 0) is 13.0 Å². The predicted molar refractivity (Wildman–Crippen MR) is 65.2 cm³/mol. The summed E-state index contributed by atoms with van der Waals surface area (Å²) in [5.41, 5.74) is 0.865. The highest BCUT2D eigenvalue weighted by molar-refractivity contribution is 6.33. The molecule has 0 bridgehead atoms. The minimum atomic E-state index is -1.08. The van der Waals surface area contributed by atoms with E-state index >= 15 is 0 Å². The Morgan fingerprint density at radius 1 is 1.42 bits per heavy atom. The molecule has 3 aromatic heterocycles. The van der Waals surface area contributed by atoms with Crippen LogP contribution in [0.2, 0.25) is 5.02 Å². The lowest BCUT2D eigenvalue weighted by Gasteiger charge is -2.00. The summed E-state index contributed by atoms with van der Waals surface area (Å²) in [5.74, 6) is -0.0936. The number of pyridine rings is 1. The van der Waals surface area contributed by atoms with Crippen molar-refractivity contribution in [2.24, 2.45) is 0 Å². The largest absolute Gasteiger partial charge is 0.478 e. The van der Waals surface area contributed by atoms with Gasteiger partial charge in [-0.2, -0.15) is 0 Å². The van der Waals surface area contributed by atoms with Crippen LogP contribution in [0.1, 0.15) is 16.1 Å². The first-order valence-electron chi connectivity index (χ1n) is 5.27. The van der Waals surface area contributed by atoms with Crippen LogP contribution < -0.4 is 0 Å². The molecule has 1 N–H and O–H groups in total. The van der Waals surface area contributed by atoms with E-state index < -0.39 is 5.97 Å². The Balaban J connectivity index is 2.29. The van der Waals surface area contributed by atoms with Gasteiger partial charge in [0, 0.05) is 12.3 Å². The quantitative estimate of drug-likeness (QED) is 0.771. The number of aromatic carboxylic acids is 1. The van der Waals surface area contributed by atoms with Crippen molar-refractivity contribution >= 4 is 23.2 Å². The summed E-state index contributed by atoms with van der Waals surface area (Å²) in [4.78, 5) is 11.0. The molecule has 96 valence electrons. The first-order chi connectivity index (χ1) is 9.06. The normalized spacial score (nSPS) is 11.1. The van der Waals surface area contributed by atoms with E-state index in [2.05, 4.69) is 15.4 Å². The van der Waals surface area contributed by atoms with Crippen molar-refractivity contribution in [2.45, 2.75) is 6.92 Å². The Kier molecular flexibility index (Phi) is 2.49. The zero-order valence-electron chi connectivity index (χ0n) is 9.66. The van der Waals surface area contributed by atoms with Crippen molar-refractivity contribution in [3.05, 3.63) is 34.7 Å². The van der Waals surface area contributed by atoms with Crippen LogP contribution in [0, 0.1) is 6.92 Å². The fourth-order valence-corrected chi connectivity index (χ4v) is 1.96. The van der Waals surface area contributed by atoms with E-state index in [9.17, 15) is 4.79 Å². The minimum Gasteiger partial charge on any atom is -0.478 e. The molecule has 0 unspecified atom stereocenters. The van der Waals surface area contributed by atoms with Crippen molar-refractivity contribution in [2.75, 3.05) is 0 Å². The fraction of sp³-hybridized carbons (Fsp3) is 0.0909. The van der Waals surface area contributed by atoms with Gasteiger partial charge < -0.3 is 9.63 Å². The highest BCUT2D eigenvalue weighted by Gasteiger charge is 2.16. The van der Waals surface area contributed by atoms with Gasteiger partial charge in [-0.3, -0.25) is 4.40 Å². The third-order valence-corrected chi connectivity index (χ3v) is 2.84. The molecule has 0 saturated carbocycles. The van der Waals surface area contributed by atoms with Crippen LogP contribution in [0.3, 0.4) is 0 Å². The smallest absolute Gasteiger partial charge is 0.337 e. The second-order valence-corrected chi connectivity index (χ2v) is 4.33. The zero-order valence-corrected chi connectivity index (χ0v) is 10.4. The lowest BCUT2D eigenvalue weighted by Crippen LogP contribution is -2.00. The Hall–Kier alpha value is -2.41. The van der Waals surface area contributed by atoms with Gasteiger partial charge >= 0.3 is 5.97 Å². The molecule has 8 heteroatoms. The predicted octanol–water partition coefficient (Wildman–Crippen LogP) is 2.04. The number of hydrogen-bond donors (Lipinski definition) is 1. The minimum absolute atomic E-state index is 0.0405. The Labute approximate surface area is 111 Å². The number of carbonyl (C=O) groups is 1. The highest BCUT2D eigenvalue weighted by Crippen LogP contribution is 2.23. The molecule has 19 heavy (non-hydrogen) atoms. The molecule has 7 nitrogen and oxygen atoms in total. The van der Waals surface area contributed by atoms with Crippen LogP contribution in [0.4, 0.5) is 0 Å². The van der Waals surface area contributed by atoms with Gasteiger partial charge in [0.05, 0.1) is 10.6 Å². The Morgan fingerprint density at radius 2 is 2.21 bits per heavy atom. The monoisotopic (exact) mass is 278 g/mol. The summed E-state index contributed by atoms with van der Waals surface area (Å²) >= 11 is 5.98. The van der Waals surface area contributed by atoms with E-state index in [0.717, 1.165) is 0 Å². The number of carboxylic acids is 1. The number of hydrogen-bond acceptors (Lipinski definition) is 5. The molecule has 0 spiro atoms. The van der Waals surface area contributed by atoms with Crippen molar-refractivity contribution < 1.29 is 14.4 Å². The van der Waals surface area contributed by atoms with Gasteiger partial charge in [0.25, 0.3) is 0 Å². The number of aromatic nitrogens is 4. The molecule has 0 atom stereocenters. The molecule has 0 aromatic carbocycles. The number of rotatable bonds is 2. The summed E-state index contributed by atoms with van der Waals surface area (Å²) in [5, 5.41) is 20.9. The fourth-order valence-electron chi connectivity index (χ4n) is 1.72. The Bertz CT molecular complexity index is 792. The summed E-state index contributed by atoms with van der Waals surface area (Å²) < 4.78 is 6.44. The molecule has 3 heterocycles. The van der Waals surface area contributed by atoms with Gasteiger partial charge in [-0.1, -0.05) is 16.8 Å². The van der Waals surface area contributed by atoms with Crippen LogP contribution in [0.15, 0.2) is 22.9 Å². The highest BCUT2D eigenvalue weighted by atomic mass is 35.5. The molecule has 3 aromatic rings. The average Bonchev–Trinajstić information content (AvgIpc) is 2.94. The number of fused-ring (bicyclic) bond motifs is 1. The van der Waals surface area contributed by atoms with Gasteiger partial charge in [0.2, 0.25) is 0 Å². The summed E-state index contributed by atoms with van der Waals surface area (Å²) in [6, 6.07) is 3.00. The van der Waals surface area contributed by atoms with Crippen LogP contribution in [-0.4, -0.2) is 30.8 Å². The average molecular weight is 279 g/mol. The molecule has 0 aliphatic rings. The molecule has 0 radical (unpaired) electrons. The number of nitrogens with zero attached hydrogens (tertiary/aromatic N) is 4. The van der Waals surface area contributed by atoms with Crippen molar-refractivity contribution in [1.82, 2.24) is 19.8 Å². The zero-order chi connectivity index (χ0) is 13.6. The third-order valence-electron chi connectivity index (χ3n) is 2.56. The molecule has 3 rings (SSSR count). The lowest BCUT2D eigenvalue weighted by molar-refractivity contribution is 0.0696. The van der Waals surface area contributed by atoms with Gasteiger partial charge in [-0.25, -0.2) is 4.79 Å². The first kappa shape index (κ1) is 11.7. The van der Waals surface area contributed by atoms with Gasteiger partial charge in [-0.15, -0.1) is 10.2 Å². The number of aryl methyl sites for hydroxylation is 1. The lowest BCUT2D eigenvalue weighted by atomic mass is 10.3. The summed E-state index contributed by atoms with van der Waals surface area (Å²) in [7, 11) is 0. The van der Waals surface area contributed by atoms with Gasteiger partial charge in [0.15, 0.2) is 17.2 Å². The second-order valence-electron chi connectivity index (χ2n) is 3.92. The van der Waals surface area contributed by atoms with E-state index in [1.54, 1.807) is 13.0 Å². The van der Waals surface area contributed by atoms with Crippen molar-refractivity contribution in [3.63, 3.8) is 0 Å². The van der Waals surface area contributed by atoms with E-state index in [-0.39, 0.29) is 10.6 Å². The maximum Gasteiger partial charge on any atom is 0.337 e. The van der Waals surface area contributed by atoms with Gasteiger partial charge in [0.1, 0.15) is 5.76 Å². The van der Waals surface area contributed by atoms with E-state index in [1.807, 2.05) is 0 Å². The molecule has 0 aliphatic carbocycles. The topological polar surface area (TPSA) is 93.5 Å². The standard InChI is InChI=1S/C11H7ClN4O3/c1-5-2-8(15-19-5)10-14-13-9-7(12)3-6(11(17)18)4-16(9)10/h2-4H,1H3,(H,17,18). The van der Waals surface area contributed by atoms with Crippen LogP contribution in [-0.2, 0) is 0 Å². The number of halogens is 1. The van der Waals surface area contributed by atoms with E-state index in [4.69, 9.17) is 21.2 Å². The molecule has 0 aliphatic heterocycles. The second kappa shape index (κ2) is 4.06. The molecule has 0 saturated heterocycles. The summed E-state index contributed by atoms with van der Waals surface area (Å²) in [6.07, 6.45) is 1.39. The summed E-state index contributed by atoms with van der Waals surface area (Å²) in [6.45, 7) is 1.75. The maximum atomic E-state index is 11.0. The SMILES string of the molecule is Cc1cc(-c2nnc3c(Cl)cc(C(=O)O)cn23)no1. The van der Waals surface area contributed by atoms with Crippen LogP contribution >= 0.6 is 11.6 Å². The molecular formula is C11H7ClN4O3.